The summed E-state index contributed by atoms with van der Waals surface area (Å²) in [5.74, 6) is -9.84. The van der Waals surface area contributed by atoms with Crippen LogP contribution in [-0.2, 0) is 19.2 Å². The molecule has 5 aromatic rings. The highest BCUT2D eigenvalue weighted by atomic mass is 35.5. The van der Waals surface area contributed by atoms with Crippen LogP contribution in [-0.4, -0.2) is 49.8 Å². The monoisotopic (exact) mass is 805 g/mol. The Labute approximate surface area is 323 Å². The van der Waals surface area contributed by atoms with Gasteiger partial charge < -0.3 is 14.3 Å². The molecule has 1 N–H and O–H groups in total. The number of halogens is 6. The first-order valence-corrected chi connectivity index (χ1v) is 18.0. The second kappa shape index (κ2) is 12.4. The third-order valence-corrected chi connectivity index (χ3v) is 12.5. The van der Waals surface area contributed by atoms with Crippen molar-refractivity contribution in [2.24, 2.45) is 17.8 Å². The van der Waals surface area contributed by atoms with Gasteiger partial charge in [-0.25, -0.2) is 14.3 Å². The fourth-order valence-corrected chi connectivity index (χ4v) is 9.64. The molecule has 4 aromatic carbocycles. The van der Waals surface area contributed by atoms with E-state index in [1.807, 2.05) is 12.1 Å². The second-order valence-electron chi connectivity index (χ2n) is 14.1. The number of imide groups is 2. The van der Waals surface area contributed by atoms with Crippen LogP contribution in [0, 0.1) is 23.6 Å². The molecule has 1 aromatic heterocycles. The number of allylic oxidation sites excluding steroid dienone is 2. The highest BCUT2D eigenvalue weighted by molar-refractivity contribution is 6.58. The van der Waals surface area contributed by atoms with Crippen LogP contribution in [0.3, 0.4) is 0 Å². The molecule has 0 unspecified atom stereocenters. The highest BCUT2D eigenvalue weighted by Crippen LogP contribution is 2.66. The van der Waals surface area contributed by atoms with Crippen molar-refractivity contribution in [2.75, 3.05) is 9.80 Å². The maximum atomic E-state index is 14.5. The normalized spacial score (nSPS) is 27.4. The molecular formula is C40H25Cl2F4N3O7. The topological polar surface area (TPSA) is 130 Å². The van der Waals surface area contributed by atoms with Crippen LogP contribution in [0.5, 0.6) is 11.5 Å². The van der Waals surface area contributed by atoms with Crippen molar-refractivity contribution in [1.82, 2.24) is 4.98 Å². The Bertz CT molecular complexity index is 2510. The molecule has 2 aliphatic carbocycles. The Morgan fingerprint density at radius 3 is 2.21 bits per heavy atom. The van der Waals surface area contributed by atoms with Crippen LogP contribution in [0.1, 0.15) is 24.3 Å². The summed E-state index contributed by atoms with van der Waals surface area (Å²) in [6.45, 7) is 0. The predicted molar refractivity (Wildman–Crippen MR) is 193 cm³/mol. The van der Waals surface area contributed by atoms with Gasteiger partial charge in [-0.05, 0) is 97.6 Å². The van der Waals surface area contributed by atoms with Crippen LogP contribution < -0.4 is 14.5 Å². The van der Waals surface area contributed by atoms with E-state index < -0.39 is 87.1 Å². The number of phenolic OH excluding ortho intramolecular Hbond substituents is 1. The average Bonchev–Trinajstić information content (AvgIpc) is 3.75. The molecule has 9 rings (SSSR count). The van der Waals surface area contributed by atoms with E-state index in [2.05, 4.69) is 9.72 Å². The summed E-state index contributed by atoms with van der Waals surface area (Å²) in [5.41, 5.74) is 1.81. The van der Waals surface area contributed by atoms with Crippen LogP contribution in [0.25, 0.3) is 22.6 Å². The summed E-state index contributed by atoms with van der Waals surface area (Å²) in [4.78, 5) is 58.9. The number of oxazole rings is 1. The first kappa shape index (κ1) is 35.9. The quantitative estimate of drug-likeness (QED) is 0.0819. The zero-order valence-electron chi connectivity index (χ0n) is 28.5. The minimum absolute atomic E-state index is 0.0549. The summed E-state index contributed by atoms with van der Waals surface area (Å²) in [5, 5.41) is 11.2. The van der Waals surface area contributed by atoms with Crippen molar-refractivity contribution in [3.8, 4) is 23.0 Å². The fraction of sp³-hybridized carbons (Fsp3) is 0.225. The van der Waals surface area contributed by atoms with E-state index in [-0.39, 0.29) is 28.9 Å². The zero-order chi connectivity index (χ0) is 39.5. The molecule has 1 saturated carbocycles. The number of ether oxygens (including phenoxy) is 1. The highest BCUT2D eigenvalue weighted by Gasteiger charge is 2.77. The fourth-order valence-electron chi connectivity index (χ4n) is 8.71. The Morgan fingerprint density at radius 1 is 0.839 bits per heavy atom. The van der Waals surface area contributed by atoms with Crippen molar-refractivity contribution >= 4 is 69.3 Å². The number of fused-ring (bicyclic) bond motifs is 5. The molecule has 3 heterocycles. The number of carbonyl (C=O) groups excluding carboxylic acids is 4. The first-order chi connectivity index (χ1) is 26.6. The lowest BCUT2D eigenvalue weighted by molar-refractivity contribution is -0.274. The van der Waals surface area contributed by atoms with Gasteiger partial charge >= 0.3 is 6.36 Å². The number of aromatic hydroxyl groups is 1. The number of nitrogens with zero attached hydrogens (tertiary/aromatic N) is 3. The van der Waals surface area contributed by atoms with E-state index in [0.717, 1.165) is 47.4 Å². The number of para-hydroxylation sites is 2. The summed E-state index contributed by atoms with van der Waals surface area (Å²) in [6, 6.07) is 20.5. The number of benzene rings is 4. The third-order valence-electron chi connectivity index (χ3n) is 11.1. The predicted octanol–water partition coefficient (Wildman–Crippen LogP) is 8.01. The molecule has 16 heteroatoms. The van der Waals surface area contributed by atoms with Gasteiger partial charge in [0.25, 0.3) is 11.8 Å². The number of carbonyl (C=O) groups is 4. The molecule has 2 aliphatic heterocycles. The maximum Gasteiger partial charge on any atom is 0.573 e. The van der Waals surface area contributed by atoms with Crippen LogP contribution in [0.4, 0.5) is 28.9 Å². The van der Waals surface area contributed by atoms with E-state index in [1.54, 1.807) is 42.5 Å². The molecule has 4 amide bonds. The third kappa shape index (κ3) is 5.18. The molecule has 56 heavy (non-hydrogen) atoms. The number of amides is 4. The lowest BCUT2D eigenvalue weighted by Crippen LogP contribution is -2.60. The Balaban J connectivity index is 1.14. The number of hydrogen-bond donors (Lipinski definition) is 1. The zero-order valence-corrected chi connectivity index (χ0v) is 30.0. The van der Waals surface area contributed by atoms with E-state index in [4.69, 9.17) is 27.6 Å². The number of rotatable bonds is 5. The molecule has 3 fully saturated rings. The molecule has 6 atom stereocenters. The molecule has 0 bridgehead atoms. The number of phenols is 1. The molecule has 4 aliphatic rings. The smallest absolute Gasteiger partial charge is 0.508 e. The van der Waals surface area contributed by atoms with E-state index in [9.17, 15) is 41.8 Å². The van der Waals surface area contributed by atoms with Gasteiger partial charge in [-0.2, -0.15) is 0 Å². The molecule has 0 radical (unpaired) electrons. The summed E-state index contributed by atoms with van der Waals surface area (Å²) >= 11 is 14.6. The molecule has 284 valence electrons. The van der Waals surface area contributed by atoms with Crippen molar-refractivity contribution < 1.29 is 51.0 Å². The van der Waals surface area contributed by atoms with Crippen molar-refractivity contribution in [2.45, 2.75) is 34.9 Å². The van der Waals surface area contributed by atoms with Gasteiger partial charge in [0.2, 0.25) is 17.7 Å². The largest absolute Gasteiger partial charge is 0.573 e. The van der Waals surface area contributed by atoms with Gasteiger partial charge in [-0.1, -0.05) is 23.8 Å². The maximum absolute atomic E-state index is 14.5. The minimum atomic E-state index is -5.14. The van der Waals surface area contributed by atoms with Crippen molar-refractivity contribution in [1.29, 1.82) is 0 Å². The van der Waals surface area contributed by atoms with E-state index in [0.29, 0.717) is 27.5 Å². The lowest BCUT2D eigenvalue weighted by Gasteiger charge is -2.50. The lowest BCUT2D eigenvalue weighted by atomic mass is 9.56. The van der Waals surface area contributed by atoms with Gasteiger partial charge in [0.15, 0.2) is 15.3 Å². The average molecular weight is 807 g/mol. The Hall–Kier alpha value is -5.73. The Morgan fingerprint density at radius 2 is 1.52 bits per heavy atom. The van der Waals surface area contributed by atoms with Crippen LogP contribution >= 0.6 is 23.2 Å². The van der Waals surface area contributed by atoms with E-state index in [1.165, 1.54) is 0 Å². The van der Waals surface area contributed by atoms with Crippen LogP contribution in [0.15, 0.2) is 107 Å². The number of hydrogen-bond acceptors (Lipinski definition) is 8. The van der Waals surface area contributed by atoms with Gasteiger partial charge in [-0.15, -0.1) is 36.4 Å². The summed E-state index contributed by atoms with van der Waals surface area (Å²) in [6.07, 6.45) is -4.08. The molecule has 0 spiro atoms. The van der Waals surface area contributed by atoms with Gasteiger partial charge in [-0.3, -0.25) is 24.1 Å². The molecule has 2 saturated heterocycles. The van der Waals surface area contributed by atoms with Gasteiger partial charge in [0, 0.05) is 17.0 Å². The van der Waals surface area contributed by atoms with Crippen molar-refractivity contribution in [3.63, 3.8) is 0 Å². The van der Waals surface area contributed by atoms with Crippen LogP contribution in [0.2, 0.25) is 0 Å². The first-order valence-electron chi connectivity index (χ1n) is 17.3. The van der Waals surface area contributed by atoms with Gasteiger partial charge in [0.05, 0.1) is 23.2 Å². The summed E-state index contributed by atoms with van der Waals surface area (Å²) < 4.78 is 64.2. The second-order valence-corrected chi connectivity index (χ2v) is 15.3. The summed E-state index contributed by atoms with van der Waals surface area (Å²) in [7, 11) is 0. The number of aromatic nitrogens is 1. The van der Waals surface area contributed by atoms with Crippen molar-refractivity contribution in [3.05, 3.63) is 114 Å². The van der Waals surface area contributed by atoms with Gasteiger partial charge in [0.1, 0.15) is 22.8 Å². The Kier molecular flexibility index (Phi) is 7.95. The number of anilines is 2. The minimum Gasteiger partial charge on any atom is -0.508 e. The number of alkyl halides is 5. The molecular weight excluding hydrogens is 781 g/mol. The SMILES string of the molecule is O=C1[C@H]2[C@H](CC=C3[C@H]2C[C@@]2(Cl)C(=O)N(c4ccc(F)cc4)C(=O)[C@@]2(Cl)[C@H]3c2cc(OC(F)(F)F)ccc2O)C(=O)N1c1ccc(-c2nc3ccccc3o2)cc1. The van der Waals surface area contributed by atoms with E-state index >= 15 is 0 Å². The molecule has 10 nitrogen and oxygen atoms in total. The standard InChI is InChI=1S/C40H25Cl2F4N3O7/c41-38-18-27-24(14-15-25-31(27)35(52)48(34(25)51)21-9-5-19(6-10-21)33-47-28-3-1-2-4-30(28)55-33)32(26-17-23(13-16-29(26)50)56-40(44,45)46)39(38,42)37(54)49(36(38)53)22-11-7-20(43)8-12-22/h1-14,16-17,25,27,31-32,50H,15,18H2/t25-,27+,31-,32+,38+,39-/m0/s1.